The minimum absolute atomic E-state index is 0.195. The first-order chi connectivity index (χ1) is 13.7. The van der Waals surface area contributed by atoms with Gasteiger partial charge in [-0.05, 0) is 47.0 Å². The van der Waals surface area contributed by atoms with Crippen LogP contribution in [0.1, 0.15) is 27.0 Å². The Morgan fingerprint density at radius 2 is 1.68 bits per heavy atom. The zero-order valence-corrected chi connectivity index (χ0v) is 15.3. The molecule has 1 aliphatic rings. The maximum absolute atomic E-state index is 13.2. The molecule has 0 N–H and O–H groups in total. The fraction of sp³-hybridized carbons (Fsp3) is 0.0870. The van der Waals surface area contributed by atoms with Crippen LogP contribution in [0.3, 0.4) is 0 Å². The fourth-order valence-corrected chi connectivity index (χ4v) is 3.23. The lowest BCUT2D eigenvalue weighted by Gasteiger charge is -2.28. The summed E-state index contributed by atoms with van der Waals surface area (Å²) in [4.78, 5) is 31.6. The number of nitrogens with zero attached hydrogens (tertiary/aromatic N) is 2. The first-order valence-corrected chi connectivity index (χ1v) is 8.87. The zero-order chi connectivity index (χ0) is 19.5. The van der Waals surface area contributed by atoms with Gasteiger partial charge in [-0.1, -0.05) is 36.4 Å². The van der Waals surface area contributed by atoms with Gasteiger partial charge in [0.1, 0.15) is 5.75 Å². The smallest absolute Gasteiger partial charge is 0.261 e. The molecule has 0 radical (unpaired) electrons. The lowest BCUT2D eigenvalue weighted by atomic mass is 9.92. The highest BCUT2D eigenvalue weighted by Gasteiger charge is 2.34. The summed E-state index contributed by atoms with van der Waals surface area (Å²) in [6.45, 7) is 0.195. The first kappa shape index (κ1) is 17.7. The highest BCUT2D eigenvalue weighted by molar-refractivity contribution is 6.33. The van der Waals surface area contributed by atoms with Gasteiger partial charge in [-0.3, -0.25) is 19.5 Å². The Balaban J connectivity index is 1.75. The van der Waals surface area contributed by atoms with Crippen molar-refractivity contribution in [3.63, 3.8) is 0 Å². The number of imide groups is 1. The Hall–Kier alpha value is -3.73. The van der Waals surface area contributed by atoms with Crippen molar-refractivity contribution in [1.29, 1.82) is 0 Å². The molecule has 1 aromatic heterocycles. The fourth-order valence-electron chi connectivity index (χ4n) is 3.23. The van der Waals surface area contributed by atoms with Gasteiger partial charge in [0.05, 0.1) is 13.7 Å². The third-order valence-corrected chi connectivity index (χ3v) is 4.66. The number of pyridine rings is 1. The number of ether oxygens (including phenoxy) is 1. The van der Waals surface area contributed by atoms with E-state index < -0.39 is 0 Å². The number of benzene rings is 2. The molecule has 0 aliphatic carbocycles. The van der Waals surface area contributed by atoms with E-state index in [-0.39, 0.29) is 18.4 Å². The molecule has 3 aromatic rings. The van der Waals surface area contributed by atoms with Gasteiger partial charge in [0.25, 0.3) is 11.8 Å². The standard InChI is InChI=1S/C23H18N2O3/c1-28-18-10-8-16(9-11-18)15-25-22(26)20-7-3-2-6-19(20)21(23(25)27)13-17-5-4-12-24-14-17/h2-14H,15H2,1H3/b21-13-. The number of methoxy groups -OCH3 is 1. The van der Waals surface area contributed by atoms with Gasteiger partial charge >= 0.3 is 0 Å². The summed E-state index contributed by atoms with van der Waals surface area (Å²) in [5, 5.41) is 0. The molecule has 0 spiro atoms. The van der Waals surface area contributed by atoms with E-state index in [1.165, 1.54) is 4.90 Å². The minimum Gasteiger partial charge on any atom is -0.497 e. The van der Waals surface area contributed by atoms with Crippen LogP contribution in [0.4, 0.5) is 0 Å². The van der Waals surface area contributed by atoms with Gasteiger partial charge < -0.3 is 4.74 Å². The highest BCUT2D eigenvalue weighted by Crippen LogP contribution is 2.31. The van der Waals surface area contributed by atoms with Gasteiger partial charge in [0.15, 0.2) is 0 Å². The molecule has 1 aliphatic heterocycles. The van der Waals surface area contributed by atoms with Gasteiger partial charge in [-0.2, -0.15) is 0 Å². The quantitative estimate of drug-likeness (QED) is 0.518. The molecule has 0 atom stereocenters. The van der Waals surface area contributed by atoms with Gasteiger partial charge in [-0.25, -0.2) is 0 Å². The van der Waals surface area contributed by atoms with E-state index in [1.54, 1.807) is 43.8 Å². The lowest BCUT2D eigenvalue weighted by Crippen LogP contribution is -2.41. The molecule has 0 unspecified atom stereocenters. The maximum Gasteiger partial charge on any atom is 0.261 e. The number of rotatable bonds is 4. The molecule has 138 valence electrons. The first-order valence-electron chi connectivity index (χ1n) is 8.87. The average molecular weight is 370 g/mol. The minimum atomic E-state index is -0.316. The van der Waals surface area contributed by atoms with Crippen molar-refractivity contribution in [2.45, 2.75) is 6.54 Å². The molecule has 0 saturated heterocycles. The summed E-state index contributed by atoms with van der Waals surface area (Å²) in [5.74, 6) is 0.116. The molecule has 0 saturated carbocycles. The molecule has 2 amide bonds. The molecule has 5 nitrogen and oxygen atoms in total. The van der Waals surface area contributed by atoms with E-state index in [1.807, 2.05) is 42.5 Å². The van der Waals surface area contributed by atoms with E-state index >= 15 is 0 Å². The van der Waals surface area contributed by atoms with Crippen molar-refractivity contribution in [2.75, 3.05) is 7.11 Å². The zero-order valence-electron chi connectivity index (χ0n) is 15.3. The molecular weight excluding hydrogens is 352 g/mol. The van der Waals surface area contributed by atoms with Crippen molar-refractivity contribution in [3.05, 3.63) is 95.3 Å². The molecule has 0 fully saturated rings. The third-order valence-electron chi connectivity index (χ3n) is 4.66. The van der Waals surface area contributed by atoms with Crippen molar-refractivity contribution in [3.8, 4) is 5.75 Å². The van der Waals surface area contributed by atoms with Gasteiger partial charge in [0, 0.05) is 23.5 Å². The third kappa shape index (κ3) is 3.30. The van der Waals surface area contributed by atoms with Gasteiger partial charge in [0.2, 0.25) is 0 Å². The van der Waals surface area contributed by atoms with E-state index in [2.05, 4.69) is 4.98 Å². The Bertz CT molecular complexity index is 1060. The van der Waals surface area contributed by atoms with Gasteiger partial charge in [-0.15, -0.1) is 0 Å². The summed E-state index contributed by atoms with van der Waals surface area (Å²) in [5.41, 5.74) is 3.30. The number of amides is 2. The van der Waals surface area contributed by atoms with Crippen LogP contribution in [-0.2, 0) is 11.3 Å². The number of hydrogen-bond donors (Lipinski definition) is 0. The van der Waals surface area contributed by atoms with Crippen LogP contribution in [0.15, 0.2) is 73.1 Å². The summed E-state index contributed by atoms with van der Waals surface area (Å²) in [6.07, 6.45) is 5.15. The second kappa shape index (κ2) is 7.48. The predicted octanol–water partition coefficient (Wildman–Crippen LogP) is 3.81. The van der Waals surface area contributed by atoms with Crippen LogP contribution in [0, 0.1) is 0 Å². The average Bonchev–Trinajstić information content (AvgIpc) is 2.75. The van der Waals surface area contributed by atoms with E-state index in [0.717, 1.165) is 16.9 Å². The van der Waals surface area contributed by atoms with E-state index in [0.29, 0.717) is 16.7 Å². The van der Waals surface area contributed by atoms with Crippen molar-refractivity contribution < 1.29 is 14.3 Å². The summed E-state index contributed by atoms with van der Waals surface area (Å²) in [7, 11) is 1.60. The van der Waals surface area contributed by atoms with E-state index in [4.69, 9.17) is 4.74 Å². The van der Waals surface area contributed by atoms with Crippen molar-refractivity contribution >= 4 is 23.5 Å². The summed E-state index contributed by atoms with van der Waals surface area (Å²) >= 11 is 0. The second-order valence-corrected chi connectivity index (χ2v) is 6.43. The topological polar surface area (TPSA) is 59.5 Å². The monoisotopic (exact) mass is 370 g/mol. The maximum atomic E-state index is 13.2. The van der Waals surface area contributed by atoms with Crippen molar-refractivity contribution in [1.82, 2.24) is 9.88 Å². The van der Waals surface area contributed by atoms with Crippen molar-refractivity contribution in [2.24, 2.45) is 0 Å². The lowest BCUT2D eigenvalue weighted by molar-refractivity contribution is -0.123. The molecule has 5 heteroatoms. The van der Waals surface area contributed by atoms with Crippen LogP contribution < -0.4 is 4.74 Å². The number of carbonyl (C=O) groups is 2. The number of fused-ring (bicyclic) bond motifs is 1. The number of hydrogen-bond acceptors (Lipinski definition) is 4. The molecule has 2 aromatic carbocycles. The molecular formula is C23H18N2O3. The second-order valence-electron chi connectivity index (χ2n) is 6.43. The largest absolute Gasteiger partial charge is 0.497 e. The SMILES string of the molecule is COc1ccc(CN2C(=O)/C(=C\c3cccnc3)c3ccccc3C2=O)cc1. The van der Waals surface area contributed by atoms with Crippen LogP contribution in [0.5, 0.6) is 5.75 Å². The van der Waals surface area contributed by atoms with Crippen LogP contribution in [0.25, 0.3) is 11.6 Å². The Morgan fingerprint density at radius 1 is 0.929 bits per heavy atom. The molecule has 4 rings (SSSR count). The summed E-state index contributed by atoms with van der Waals surface area (Å²) in [6, 6.07) is 18.2. The van der Waals surface area contributed by atoms with Crippen LogP contribution in [-0.4, -0.2) is 28.8 Å². The predicted molar refractivity (Wildman–Crippen MR) is 106 cm³/mol. The number of aromatic nitrogens is 1. The number of carbonyl (C=O) groups excluding carboxylic acids is 2. The summed E-state index contributed by atoms with van der Waals surface area (Å²) < 4.78 is 5.17. The van der Waals surface area contributed by atoms with Crippen LogP contribution in [0.2, 0.25) is 0 Å². The molecule has 0 bridgehead atoms. The Labute approximate surface area is 162 Å². The van der Waals surface area contributed by atoms with E-state index in [9.17, 15) is 9.59 Å². The Kier molecular flexibility index (Phi) is 4.72. The highest BCUT2D eigenvalue weighted by atomic mass is 16.5. The molecule has 2 heterocycles. The normalized spacial score (nSPS) is 14.9. The molecule has 28 heavy (non-hydrogen) atoms. The van der Waals surface area contributed by atoms with Crippen LogP contribution >= 0.6 is 0 Å². The Morgan fingerprint density at radius 3 is 2.36 bits per heavy atom.